The summed E-state index contributed by atoms with van der Waals surface area (Å²) in [5.41, 5.74) is 2.75. The van der Waals surface area contributed by atoms with Gasteiger partial charge in [0, 0.05) is 0 Å². The van der Waals surface area contributed by atoms with Gasteiger partial charge < -0.3 is 9.47 Å². The molecule has 2 aromatic rings. The zero-order chi connectivity index (χ0) is 18.2. The minimum absolute atomic E-state index is 0.376. The van der Waals surface area contributed by atoms with Gasteiger partial charge in [0.15, 0.2) is 0 Å². The summed E-state index contributed by atoms with van der Waals surface area (Å²) in [4.78, 5) is 12.3. The third kappa shape index (κ3) is 5.89. The van der Waals surface area contributed by atoms with Crippen LogP contribution >= 0.6 is 15.9 Å². The molecule has 0 radical (unpaired) electrons. The second-order valence-corrected chi connectivity index (χ2v) is 7.04. The molecule has 0 amide bonds. The second-order valence-electron chi connectivity index (χ2n) is 6.19. The normalized spacial score (nSPS) is 10.6. The van der Waals surface area contributed by atoms with Crippen LogP contribution in [0.25, 0.3) is 0 Å². The van der Waals surface area contributed by atoms with Crippen LogP contribution in [-0.4, -0.2) is 12.6 Å². The Labute approximate surface area is 158 Å². The van der Waals surface area contributed by atoms with Gasteiger partial charge in [0.25, 0.3) is 0 Å². The fourth-order valence-electron chi connectivity index (χ4n) is 2.40. The first kappa shape index (κ1) is 19.5. The number of aryl methyl sites for hydroxylation is 2. The van der Waals surface area contributed by atoms with Crippen molar-refractivity contribution in [3.8, 4) is 11.5 Å². The van der Waals surface area contributed by atoms with Crippen molar-refractivity contribution in [1.29, 1.82) is 0 Å². The number of halogens is 1. The van der Waals surface area contributed by atoms with Gasteiger partial charge in [-0.25, -0.2) is 4.79 Å². The molecule has 0 fully saturated rings. The van der Waals surface area contributed by atoms with Crippen LogP contribution < -0.4 is 9.47 Å². The summed E-state index contributed by atoms with van der Waals surface area (Å²) in [6.07, 6.45) is 4.65. The predicted molar refractivity (Wildman–Crippen MR) is 105 cm³/mol. The molecular weight excluding hydrogens is 380 g/mol. The Kier molecular flexibility index (Phi) is 7.51. The molecule has 0 aromatic heterocycles. The molecule has 0 spiro atoms. The largest absolute Gasteiger partial charge is 0.492 e. The van der Waals surface area contributed by atoms with Crippen molar-refractivity contribution in [3.05, 3.63) is 57.6 Å². The Morgan fingerprint density at radius 2 is 1.80 bits per heavy atom. The van der Waals surface area contributed by atoms with Crippen LogP contribution in [-0.2, 0) is 0 Å². The number of carbonyl (C=O) groups is 1. The molecule has 2 rings (SSSR count). The van der Waals surface area contributed by atoms with Crippen molar-refractivity contribution in [2.24, 2.45) is 0 Å². The van der Waals surface area contributed by atoms with Gasteiger partial charge >= 0.3 is 5.97 Å². The van der Waals surface area contributed by atoms with E-state index in [1.807, 2.05) is 32.0 Å². The molecule has 25 heavy (non-hydrogen) atoms. The minimum atomic E-state index is -0.376. The molecule has 0 N–H and O–H groups in total. The summed E-state index contributed by atoms with van der Waals surface area (Å²) >= 11 is 3.47. The van der Waals surface area contributed by atoms with E-state index in [9.17, 15) is 4.79 Å². The molecule has 3 nitrogen and oxygen atoms in total. The molecule has 0 heterocycles. The standard InChI is InChI=1S/C21H25BrO3/c1-4-5-6-7-12-24-20-11-9-17(14-19(20)22)21(23)25-18-10-8-15(2)16(3)13-18/h8-11,13-14H,4-7,12H2,1-3H3. The molecule has 0 unspecified atom stereocenters. The zero-order valence-corrected chi connectivity index (χ0v) is 16.7. The van der Waals surface area contributed by atoms with Crippen LogP contribution in [0.5, 0.6) is 11.5 Å². The zero-order valence-electron chi connectivity index (χ0n) is 15.1. The monoisotopic (exact) mass is 404 g/mol. The van der Waals surface area contributed by atoms with Gasteiger partial charge in [0.2, 0.25) is 0 Å². The van der Waals surface area contributed by atoms with Crippen molar-refractivity contribution in [2.45, 2.75) is 46.5 Å². The van der Waals surface area contributed by atoms with Gasteiger partial charge in [0.05, 0.1) is 16.6 Å². The van der Waals surface area contributed by atoms with Gasteiger partial charge in [-0.3, -0.25) is 0 Å². The molecule has 2 aromatic carbocycles. The number of hydrogen-bond acceptors (Lipinski definition) is 3. The number of ether oxygens (including phenoxy) is 2. The number of carbonyl (C=O) groups excluding carboxylic acids is 1. The van der Waals surface area contributed by atoms with Gasteiger partial charge in [-0.15, -0.1) is 0 Å². The van der Waals surface area contributed by atoms with Crippen molar-refractivity contribution in [3.63, 3.8) is 0 Å². The van der Waals surface area contributed by atoms with E-state index in [-0.39, 0.29) is 5.97 Å². The lowest BCUT2D eigenvalue weighted by Gasteiger charge is -2.10. The number of unbranched alkanes of at least 4 members (excludes halogenated alkanes) is 3. The van der Waals surface area contributed by atoms with E-state index in [1.54, 1.807) is 18.2 Å². The first-order chi connectivity index (χ1) is 12.0. The van der Waals surface area contributed by atoms with Crippen molar-refractivity contribution in [2.75, 3.05) is 6.61 Å². The summed E-state index contributed by atoms with van der Waals surface area (Å²) in [6.45, 7) is 6.90. The summed E-state index contributed by atoms with van der Waals surface area (Å²) in [7, 11) is 0. The van der Waals surface area contributed by atoms with E-state index in [1.165, 1.54) is 24.8 Å². The lowest BCUT2D eigenvalue weighted by Crippen LogP contribution is -2.09. The van der Waals surface area contributed by atoms with Gasteiger partial charge in [-0.05, 0) is 77.7 Å². The molecule has 0 aliphatic heterocycles. The van der Waals surface area contributed by atoms with E-state index >= 15 is 0 Å². The minimum Gasteiger partial charge on any atom is -0.492 e. The fourth-order valence-corrected chi connectivity index (χ4v) is 2.89. The molecule has 134 valence electrons. The molecular formula is C21H25BrO3. The van der Waals surface area contributed by atoms with Crippen LogP contribution in [0.1, 0.15) is 54.1 Å². The SMILES string of the molecule is CCCCCCOc1ccc(C(=O)Oc2ccc(C)c(C)c2)cc1Br. The van der Waals surface area contributed by atoms with Crippen molar-refractivity contribution >= 4 is 21.9 Å². The highest BCUT2D eigenvalue weighted by Gasteiger charge is 2.12. The summed E-state index contributed by atoms with van der Waals surface area (Å²) in [5, 5.41) is 0. The summed E-state index contributed by atoms with van der Waals surface area (Å²) < 4.78 is 12.0. The quantitative estimate of drug-likeness (QED) is 0.296. The van der Waals surface area contributed by atoms with Crippen LogP contribution in [0, 0.1) is 13.8 Å². The maximum atomic E-state index is 12.3. The average molecular weight is 405 g/mol. The van der Waals surface area contributed by atoms with Crippen LogP contribution in [0.2, 0.25) is 0 Å². The molecule has 0 aliphatic rings. The third-order valence-electron chi connectivity index (χ3n) is 4.11. The van der Waals surface area contributed by atoms with E-state index in [2.05, 4.69) is 22.9 Å². The van der Waals surface area contributed by atoms with Crippen LogP contribution in [0.15, 0.2) is 40.9 Å². The molecule has 0 saturated carbocycles. The maximum absolute atomic E-state index is 12.3. The van der Waals surface area contributed by atoms with E-state index < -0.39 is 0 Å². The molecule has 0 aliphatic carbocycles. The van der Waals surface area contributed by atoms with Gasteiger partial charge in [-0.1, -0.05) is 32.3 Å². The third-order valence-corrected chi connectivity index (χ3v) is 4.73. The highest BCUT2D eigenvalue weighted by molar-refractivity contribution is 9.10. The van der Waals surface area contributed by atoms with E-state index in [0.29, 0.717) is 17.9 Å². The lowest BCUT2D eigenvalue weighted by atomic mass is 10.1. The highest BCUT2D eigenvalue weighted by Crippen LogP contribution is 2.27. The molecule has 4 heteroatoms. The molecule has 0 atom stereocenters. The van der Waals surface area contributed by atoms with E-state index in [0.717, 1.165) is 22.2 Å². The lowest BCUT2D eigenvalue weighted by molar-refractivity contribution is 0.0734. The Balaban J connectivity index is 1.96. The molecule has 0 bridgehead atoms. The van der Waals surface area contributed by atoms with Gasteiger partial charge in [0.1, 0.15) is 11.5 Å². The Morgan fingerprint density at radius 1 is 1.00 bits per heavy atom. The Morgan fingerprint density at radius 3 is 2.48 bits per heavy atom. The summed E-state index contributed by atoms with van der Waals surface area (Å²) in [6, 6.07) is 10.9. The number of hydrogen-bond donors (Lipinski definition) is 0. The molecule has 0 saturated heterocycles. The average Bonchev–Trinajstić information content (AvgIpc) is 2.59. The van der Waals surface area contributed by atoms with Crippen LogP contribution in [0.4, 0.5) is 0 Å². The van der Waals surface area contributed by atoms with E-state index in [4.69, 9.17) is 9.47 Å². The number of esters is 1. The smallest absolute Gasteiger partial charge is 0.343 e. The van der Waals surface area contributed by atoms with Gasteiger partial charge in [-0.2, -0.15) is 0 Å². The predicted octanol–water partition coefficient (Wildman–Crippen LogP) is 6.24. The fraction of sp³-hybridized carbons (Fsp3) is 0.381. The topological polar surface area (TPSA) is 35.5 Å². The van der Waals surface area contributed by atoms with Crippen molar-refractivity contribution in [1.82, 2.24) is 0 Å². The number of benzene rings is 2. The maximum Gasteiger partial charge on any atom is 0.343 e. The first-order valence-corrected chi connectivity index (χ1v) is 9.52. The Bertz CT molecular complexity index is 725. The Hall–Kier alpha value is -1.81. The number of rotatable bonds is 8. The second kappa shape index (κ2) is 9.62. The van der Waals surface area contributed by atoms with Crippen molar-refractivity contribution < 1.29 is 14.3 Å². The first-order valence-electron chi connectivity index (χ1n) is 8.73. The highest BCUT2D eigenvalue weighted by atomic mass is 79.9. The summed E-state index contributed by atoms with van der Waals surface area (Å²) in [5.74, 6) is 0.929. The van der Waals surface area contributed by atoms with Crippen LogP contribution in [0.3, 0.4) is 0 Å².